The average molecular weight is 287 g/mol. The summed E-state index contributed by atoms with van der Waals surface area (Å²) in [4.78, 5) is 4.50. The van der Waals surface area contributed by atoms with E-state index in [4.69, 9.17) is 4.52 Å². The molecule has 21 heavy (non-hydrogen) atoms. The predicted octanol–water partition coefficient (Wildman–Crippen LogP) is 3.21. The third kappa shape index (κ3) is 4.97. The third-order valence-electron chi connectivity index (χ3n) is 3.38. The second-order valence-corrected chi connectivity index (χ2v) is 5.84. The number of rotatable bonds is 7. The fourth-order valence-electron chi connectivity index (χ4n) is 2.52. The maximum absolute atomic E-state index is 5.35. The molecule has 0 aliphatic carbocycles. The first-order valence-electron chi connectivity index (χ1n) is 7.69. The largest absolute Gasteiger partial charge is 0.339 e. The molecule has 0 aliphatic rings. The number of aromatic nitrogens is 2. The van der Waals surface area contributed by atoms with Crippen LogP contribution in [0.4, 0.5) is 0 Å². The zero-order chi connectivity index (χ0) is 15.2. The van der Waals surface area contributed by atoms with Crippen molar-refractivity contribution in [2.75, 3.05) is 6.54 Å². The number of nitrogens with zero attached hydrogens (tertiary/aromatic N) is 2. The molecule has 2 rings (SSSR count). The third-order valence-corrected chi connectivity index (χ3v) is 3.38. The number of hydrogen-bond acceptors (Lipinski definition) is 4. The first kappa shape index (κ1) is 15.7. The highest BCUT2D eigenvalue weighted by Gasteiger charge is 2.11. The van der Waals surface area contributed by atoms with Gasteiger partial charge in [0.25, 0.3) is 0 Å². The summed E-state index contributed by atoms with van der Waals surface area (Å²) in [5, 5.41) is 7.52. The molecule has 2 aromatic rings. The second-order valence-electron chi connectivity index (χ2n) is 5.84. The summed E-state index contributed by atoms with van der Waals surface area (Å²) in [6.45, 7) is 9.54. The molecule has 1 aromatic heterocycles. The van der Waals surface area contributed by atoms with Crippen LogP contribution in [0.2, 0.25) is 0 Å². The molecular weight excluding hydrogens is 262 g/mol. The molecule has 4 heteroatoms. The zero-order valence-electron chi connectivity index (χ0n) is 13.4. The molecule has 1 N–H and O–H groups in total. The van der Waals surface area contributed by atoms with Crippen LogP contribution in [0.3, 0.4) is 0 Å². The van der Waals surface area contributed by atoms with E-state index in [1.807, 2.05) is 0 Å². The molecule has 0 radical (unpaired) electrons. The number of hydrogen-bond donors (Lipinski definition) is 1. The fraction of sp³-hybridized carbons (Fsp3) is 0.529. The summed E-state index contributed by atoms with van der Waals surface area (Å²) in [7, 11) is 0. The molecule has 1 unspecified atom stereocenters. The molecule has 0 spiro atoms. The normalized spacial score (nSPS) is 12.6. The summed E-state index contributed by atoms with van der Waals surface area (Å²) in [5.74, 6) is 1.48. The van der Waals surface area contributed by atoms with Crippen LogP contribution in [0.25, 0.3) is 0 Å². The monoisotopic (exact) mass is 287 g/mol. The highest BCUT2D eigenvalue weighted by atomic mass is 16.5. The van der Waals surface area contributed by atoms with E-state index in [1.165, 1.54) is 16.7 Å². The lowest BCUT2D eigenvalue weighted by Gasteiger charge is -2.09. The molecule has 1 aromatic carbocycles. The lowest BCUT2D eigenvalue weighted by Crippen LogP contribution is -2.28. The van der Waals surface area contributed by atoms with E-state index in [0.29, 0.717) is 11.9 Å². The van der Waals surface area contributed by atoms with Gasteiger partial charge in [-0.1, -0.05) is 41.4 Å². The molecule has 0 fully saturated rings. The van der Waals surface area contributed by atoms with Gasteiger partial charge in [0.05, 0.1) is 0 Å². The van der Waals surface area contributed by atoms with Crippen LogP contribution in [0.5, 0.6) is 0 Å². The summed E-state index contributed by atoms with van der Waals surface area (Å²) >= 11 is 0. The number of nitrogens with one attached hydrogen (secondary N) is 1. The molecule has 0 bridgehead atoms. The van der Waals surface area contributed by atoms with Crippen molar-refractivity contribution >= 4 is 0 Å². The fourth-order valence-corrected chi connectivity index (χ4v) is 2.52. The Morgan fingerprint density at radius 1 is 1.19 bits per heavy atom. The van der Waals surface area contributed by atoms with Crippen molar-refractivity contribution < 1.29 is 4.52 Å². The molecular formula is C17H25N3O. The van der Waals surface area contributed by atoms with Gasteiger partial charge in [0.15, 0.2) is 5.82 Å². The van der Waals surface area contributed by atoms with Crippen LogP contribution in [-0.4, -0.2) is 22.7 Å². The zero-order valence-corrected chi connectivity index (χ0v) is 13.4. The van der Waals surface area contributed by atoms with E-state index in [-0.39, 0.29) is 0 Å². The molecule has 1 heterocycles. The topological polar surface area (TPSA) is 51.0 Å². The van der Waals surface area contributed by atoms with E-state index in [1.54, 1.807) is 0 Å². The summed E-state index contributed by atoms with van der Waals surface area (Å²) in [6.07, 6.45) is 2.63. The van der Waals surface area contributed by atoms with E-state index < -0.39 is 0 Å². The van der Waals surface area contributed by atoms with Gasteiger partial charge in [-0.3, -0.25) is 0 Å². The maximum atomic E-state index is 5.35. The van der Waals surface area contributed by atoms with Crippen molar-refractivity contribution in [1.82, 2.24) is 15.5 Å². The summed E-state index contributed by atoms with van der Waals surface area (Å²) in [6, 6.07) is 6.88. The standard InChI is InChI=1S/C17H25N3O/c1-5-6-18-14(4)10-17-19-16(20-21-17)11-15-8-12(2)7-13(3)9-15/h7-9,14,18H,5-6,10-11H2,1-4H3. The van der Waals surface area contributed by atoms with Crippen molar-refractivity contribution in [1.29, 1.82) is 0 Å². The Bertz CT molecular complexity index is 557. The summed E-state index contributed by atoms with van der Waals surface area (Å²) in [5.41, 5.74) is 3.77. The van der Waals surface area contributed by atoms with Crippen molar-refractivity contribution in [2.24, 2.45) is 0 Å². The average Bonchev–Trinajstić information content (AvgIpc) is 2.82. The Kier molecular flexibility index (Phi) is 5.51. The Morgan fingerprint density at radius 3 is 2.57 bits per heavy atom. The van der Waals surface area contributed by atoms with Crippen LogP contribution in [-0.2, 0) is 12.8 Å². The van der Waals surface area contributed by atoms with E-state index >= 15 is 0 Å². The van der Waals surface area contributed by atoms with Gasteiger partial charge in [0, 0.05) is 18.9 Å². The van der Waals surface area contributed by atoms with Crippen LogP contribution in [0, 0.1) is 13.8 Å². The van der Waals surface area contributed by atoms with Gasteiger partial charge in [-0.05, 0) is 39.3 Å². The van der Waals surface area contributed by atoms with Crippen molar-refractivity contribution in [3.05, 3.63) is 46.6 Å². The van der Waals surface area contributed by atoms with Crippen molar-refractivity contribution in [3.8, 4) is 0 Å². The highest BCUT2D eigenvalue weighted by Crippen LogP contribution is 2.12. The second kappa shape index (κ2) is 7.36. The van der Waals surface area contributed by atoms with Crippen molar-refractivity contribution in [2.45, 2.75) is 53.0 Å². The van der Waals surface area contributed by atoms with Crippen LogP contribution in [0.15, 0.2) is 22.7 Å². The Hall–Kier alpha value is -1.68. The molecule has 4 nitrogen and oxygen atoms in total. The van der Waals surface area contributed by atoms with Gasteiger partial charge in [0.1, 0.15) is 0 Å². The highest BCUT2D eigenvalue weighted by molar-refractivity contribution is 5.30. The Balaban J connectivity index is 1.96. The molecule has 1 atom stereocenters. The maximum Gasteiger partial charge on any atom is 0.228 e. The SMILES string of the molecule is CCCNC(C)Cc1nc(Cc2cc(C)cc(C)c2)no1. The first-order valence-corrected chi connectivity index (χ1v) is 7.69. The van der Waals surface area contributed by atoms with Gasteiger partial charge in [0.2, 0.25) is 5.89 Å². The van der Waals surface area contributed by atoms with Gasteiger partial charge in [-0.2, -0.15) is 4.98 Å². The predicted molar refractivity (Wildman–Crippen MR) is 84.5 cm³/mol. The first-order chi connectivity index (χ1) is 10.1. The van der Waals surface area contributed by atoms with Crippen LogP contribution < -0.4 is 5.32 Å². The van der Waals surface area contributed by atoms with Crippen molar-refractivity contribution in [3.63, 3.8) is 0 Å². The quantitative estimate of drug-likeness (QED) is 0.849. The lowest BCUT2D eigenvalue weighted by atomic mass is 10.1. The van der Waals surface area contributed by atoms with E-state index in [9.17, 15) is 0 Å². The smallest absolute Gasteiger partial charge is 0.228 e. The van der Waals surface area contributed by atoms with Gasteiger partial charge in [-0.15, -0.1) is 0 Å². The van der Waals surface area contributed by atoms with Gasteiger partial charge >= 0.3 is 0 Å². The molecule has 0 aliphatic heterocycles. The number of benzene rings is 1. The minimum Gasteiger partial charge on any atom is -0.339 e. The Morgan fingerprint density at radius 2 is 1.90 bits per heavy atom. The molecule has 114 valence electrons. The molecule has 0 saturated heterocycles. The number of aryl methyl sites for hydroxylation is 2. The molecule has 0 amide bonds. The lowest BCUT2D eigenvalue weighted by molar-refractivity contribution is 0.358. The van der Waals surface area contributed by atoms with E-state index in [2.05, 4.69) is 61.4 Å². The summed E-state index contributed by atoms with van der Waals surface area (Å²) < 4.78 is 5.35. The van der Waals surface area contributed by atoms with Gasteiger partial charge < -0.3 is 9.84 Å². The van der Waals surface area contributed by atoms with E-state index in [0.717, 1.165) is 31.6 Å². The van der Waals surface area contributed by atoms with Gasteiger partial charge in [-0.25, -0.2) is 0 Å². The Labute approximate surface area is 127 Å². The minimum absolute atomic E-state index is 0.361. The van der Waals surface area contributed by atoms with Crippen LogP contribution in [0.1, 0.15) is 48.7 Å². The minimum atomic E-state index is 0.361. The van der Waals surface area contributed by atoms with Crippen LogP contribution >= 0.6 is 0 Å². The molecule has 0 saturated carbocycles.